The van der Waals surface area contributed by atoms with Gasteiger partial charge in [0.15, 0.2) is 0 Å². The van der Waals surface area contributed by atoms with Crippen LogP contribution in [0.4, 0.5) is 0 Å². The summed E-state index contributed by atoms with van der Waals surface area (Å²) in [7, 11) is 0. The molecular weight excluding hydrogens is 236 g/mol. The Morgan fingerprint density at radius 3 is 3.06 bits per heavy atom. The number of fused-ring (bicyclic) bond motifs is 1. The first-order valence-corrected chi connectivity index (χ1v) is 6.14. The first kappa shape index (κ1) is 10.7. The predicted molar refractivity (Wildman–Crippen MR) is 68.0 cm³/mol. The zero-order valence-electron chi connectivity index (χ0n) is 9.32. The van der Waals surface area contributed by atoms with E-state index in [1.807, 2.05) is 17.2 Å². The number of hydrogen-bond acceptors (Lipinski definition) is 1. The van der Waals surface area contributed by atoms with Crippen LogP contribution in [-0.2, 0) is 11.3 Å². The van der Waals surface area contributed by atoms with Gasteiger partial charge in [-0.2, -0.15) is 0 Å². The van der Waals surface area contributed by atoms with Crippen LogP contribution in [0.5, 0.6) is 0 Å². The number of nitrogens with zero attached hydrogens (tertiary/aromatic N) is 1. The van der Waals surface area contributed by atoms with Crippen LogP contribution in [0.2, 0.25) is 0 Å². The third kappa shape index (κ3) is 2.03. The Bertz CT molecular complexity index is 563. The minimum absolute atomic E-state index is 0.0308. The molecular formula is C13H13ClN2O. The largest absolute Gasteiger partial charge is 0.361 e. The van der Waals surface area contributed by atoms with Crippen molar-refractivity contribution in [2.45, 2.75) is 18.3 Å². The summed E-state index contributed by atoms with van der Waals surface area (Å²) in [6, 6.07) is 8.25. The van der Waals surface area contributed by atoms with Crippen LogP contribution >= 0.6 is 11.6 Å². The molecule has 1 atom stereocenters. The fourth-order valence-electron chi connectivity index (χ4n) is 2.29. The number of aromatic nitrogens is 1. The van der Waals surface area contributed by atoms with Crippen molar-refractivity contribution >= 4 is 28.4 Å². The quantitative estimate of drug-likeness (QED) is 0.815. The summed E-state index contributed by atoms with van der Waals surface area (Å²) < 4.78 is 0. The van der Waals surface area contributed by atoms with Gasteiger partial charge in [0.25, 0.3) is 0 Å². The number of halogens is 1. The number of hydrogen-bond donors (Lipinski definition) is 1. The van der Waals surface area contributed by atoms with E-state index in [0.29, 0.717) is 19.5 Å². The highest BCUT2D eigenvalue weighted by Gasteiger charge is 2.27. The molecule has 4 heteroatoms. The second-order valence-electron chi connectivity index (χ2n) is 4.47. The van der Waals surface area contributed by atoms with E-state index in [1.165, 1.54) is 5.39 Å². The number of alkyl halides is 1. The van der Waals surface area contributed by atoms with Gasteiger partial charge >= 0.3 is 0 Å². The Hall–Kier alpha value is -1.48. The van der Waals surface area contributed by atoms with Crippen molar-refractivity contribution in [2.75, 3.05) is 6.54 Å². The Kier molecular flexibility index (Phi) is 2.56. The highest BCUT2D eigenvalue weighted by atomic mass is 35.5. The molecule has 1 amide bonds. The first-order chi connectivity index (χ1) is 8.22. The van der Waals surface area contributed by atoms with E-state index in [1.54, 1.807) is 0 Å². The summed E-state index contributed by atoms with van der Waals surface area (Å²) in [5, 5.41) is 1.16. The SMILES string of the molecule is O=C1CC(Cl)CN1Cc1ccc2cc[nH]c2c1. The predicted octanol–water partition coefficient (Wildman–Crippen LogP) is 2.51. The second kappa shape index (κ2) is 4.08. The molecule has 1 fully saturated rings. The average molecular weight is 249 g/mol. The van der Waals surface area contributed by atoms with Crippen molar-refractivity contribution in [1.82, 2.24) is 9.88 Å². The molecule has 3 nitrogen and oxygen atoms in total. The standard InChI is InChI=1S/C13H13ClN2O/c14-11-6-13(17)16(8-11)7-9-1-2-10-3-4-15-12(10)5-9/h1-5,11,15H,6-8H2. The van der Waals surface area contributed by atoms with Crippen LogP contribution in [-0.4, -0.2) is 27.7 Å². The third-order valence-electron chi connectivity index (χ3n) is 3.16. The van der Waals surface area contributed by atoms with Crippen molar-refractivity contribution < 1.29 is 4.79 Å². The number of likely N-dealkylation sites (tertiary alicyclic amines) is 1. The van der Waals surface area contributed by atoms with Crippen molar-refractivity contribution in [3.63, 3.8) is 0 Å². The fourth-order valence-corrected chi connectivity index (χ4v) is 2.59. The van der Waals surface area contributed by atoms with Crippen LogP contribution in [0, 0.1) is 0 Å². The summed E-state index contributed by atoms with van der Waals surface area (Å²) in [6.45, 7) is 1.31. The highest BCUT2D eigenvalue weighted by molar-refractivity contribution is 6.22. The van der Waals surface area contributed by atoms with Crippen LogP contribution in [0.15, 0.2) is 30.5 Å². The van der Waals surface area contributed by atoms with Crippen LogP contribution in [0.25, 0.3) is 10.9 Å². The number of benzene rings is 1. The van der Waals surface area contributed by atoms with Crippen LogP contribution in [0.3, 0.4) is 0 Å². The molecule has 3 rings (SSSR count). The number of amides is 1. The number of carbonyl (C=O) groups is 1. The van der Waals surface area contributed by atoms with Gasteiger partial charge in [-0.05, 0) is 23.1 Å². The van der Waals surface area contributed by atoms with E-state index in [0.717, 1.165) is 11.1 Å². The highest BCUT2D eigenvalue weighted by Crippen LogP contribution is 2.20. The molecule has 1 aliphatic rings. The Balaban J connectivity index is 1.82. The van der Waals surface area contributed by atoms with E-state index in [4.69, 9.17) is 11.6 Å². The maximum Gasteiger partial charge on any atom is 0.224 e. The van der Waals surface area contributed by atoms with Crippen LogP contribution in [0.1, 0.15) is 12.0 Å². The lowest BCUT2D eigenvalue weighted by atomic mass is 10.1. The van der Waals surface area contributed by atoms with E-state index in [9.17, 15) is 4.79 Å². The number of nitrogens with one attached hydrogen (secondary N) is 1. The van der Waals surface area contributed by atoms with Gasteiger partial charge in [0.1, 0.15) is 0 Å². The third-order valence-corrected chi connectivity index (χ3v) is 3.45. The van der Waals surface area contributed by atoms with E-state index in [2.05, 4.69) is 23.2 Å². The summed E-state index contributed by atoms with van der Waals surface area (Å²) in [4.78, 5) is 16.6. The maximum atomic E-state index is 11.6. The molecule has 1 saturated heterocycles. The average Bonchev–Trinajstić information content (AvgIpc) is 2.85. The topological polar surface area (TPSA) is 36.1 Å². The molecule has 2 heterocycles. The van der Waals surface area contributed by atoms with Gasteiger partial charge in [0, 0.05) is 31.2 Å². The molecule has 1 unspecified atom stereocenters. The van der Waals surface area contributed by atoms with Crippen molar-refractivity contribution in [3.8, 4) is 0 Å². The molecule has 0 bridgehead atoms. The fraction of sp³-hybridized carbons (Fsp3) is 0.308. The minimum Gasteiger partial charge on any atom is -0.361 e. The Morgan fingerprint density at radius 1 is 1.41 bits per heavy atom. The normalized spacial score (nSPS) is 20.4. The Morgan fingerprint density at radius 2 is 2.29 bits per heavy atom. The smallest absolute Gasteiger partial charge is 0.224 e. The zero-order chi connectivity index (χ0) is 11.8. The van der Waals surface area contributed by atoms with Gasteiger partial charge in [-0.3, -0.25) is 4.79 Å². The lowest BCUT2D eigenvalue weighted by molar-refractivity contribution is -0.128. The Labute approximate surface area is 104 Å². The number of H-pyrrole nitrogens is 1. The number of aromatic amines is 1. The molecule has 0 saturated carbocycles. The van der Waals surface area contributed by atoms with E-state index in [-0.39, 0.29) is 11.3 Å². The van der Waals surface area contributed by atoms with Crippen molar-refractivity contribution in [1.29, 1.82) is 0 Å². The molecule has 88 valence electrons. The first-order valence-electron chi connectivity index (χ1n) is 5.70. The molecule has 1 N–H and O–H groups in total. The van der Waals surface area contributed by atoms with Crippen LogP contribution < -0.4 is 0 Å². The summed E-state index contributed by atoms with van der Waals surface area (Å²) in [6.07, 6.45) is 2.39. The van der Waals surface area contributed by atoms with Gasteiger partial charge in [0.05, 0.1) is 5.38 Å². The van der Waals surface area contributed by atoms with E-state index >= 15 is 0 Å². The van der Waals surface area contributed by atoms with Gasteiger partial charge in [-0.15, -0.1) is 11.6 Å². The van der Waals surface area contributed by atoms with E-state index < -0.39 is 0 Å². The summed E-state index contributed by atoms with van der Waals surface area (Å²) in [5.41, 5.74) is 2.25. The second-order valence-corrected chi connectivity index (χ2v) is 5.09. The van der Waals surface area contributed by atoms with Crippen molar-refractivity contribution in [2.24, 2.45) is 0 Å². The van der Waals surface area contributed by atoms with Gasteiger partial charge < -0.3 is 9.88 Å². The van der Waals surface area contributed by atoms with Crippen molar-refractivity contribution in [3.05, 3.63) is 36.0 Å². The summed E-state index contributed by atoms with van der Waals surface area (Å²) in [5.74, 6) is 0.150. The van der Waals surface area contributed by atoms with Gasteiger partial charge in [-0.25, -0.2) is 0 Å². The monoisotopic (exact) mass is 248 g/mol. The number of rotatable bonds is 2. The lowest BCUT2D eigenvalue weighted by Crippen LogP contribution is -2.24. The molecule has 1 aromatic heterocycles. The van der Waals surface area contributed by atoms with Gasteiger partial charge in [-0.1, -0.05) is 12.1 Å². The maximum absolute atomic E-state index is 11.6. The zero-order valence-corrected chi connectivity index (χ0v) is 10.1. The molecule has 0 spiro atoms. The molecule has 2 aromatic rings. The molecule has 1 aromatic carbocycles. The summed E-state index contributed by atoms with van der Waals surface area (Å²) >= 11 is 5.98. The molecule has 1 aliphatic heterocycles. The molecule has 17 heavy (non-hydrogen) atoms. The molecule has 0 aliphatic carbocycles. The molecule has 0 radical (unpaired) electrons. The minimum atomic E-state index is -0.0308. The lowest BCUT2D eigenvalue weighted by Gasteiger charge is -2.15. The van der Waals surface area contributed by atoms with Gasteiger partial charge in [0.2, 0.25) is 5.91 Å². The number of carbonyl (C=O) groups excluding carboxylic acids is 1.